The zero-order chi connectivity index (χ0) is 49.8. The Morgan fingerprint density at radius 2 is 0.747 bits per heavy atom. The molecule has 4 nitrogen and oxygen atoms in total. The Bertz CT molecular complexity index is 4070. The number of fused-ring (bicyclic) bond motifs is 6. The molecule has 13 aromatic rings. The minimum Gasteiger partial charge on any atom is -0.309 e. The summed E-state index contributed by atoms with van der Waals surface area (Å²) >= 11 is 0. The molecule has 2 aromatic heterocycles. The lowest BCUT2D eigenvalue weighted by molar-refractivity contribution is 0.745. The van der Waals surface area contributed by atoms with Crippen LogP contribution in [0.25, 0.3) is 72.8 Å². The topological polar surface area (TPSA) is 43.6 Å². The molecule has 352 valence electrons. The smallest absolute Gasteiger partial charge is 0.164 e. The lowest BCUT2D eigenvalue weighted by Crippen LogP contribution is -2.31. The monoisotopic (exact) mass is 956 g/mol. The number of hydrogen-bond acceptors (Lipinski definition) is 3. The van der Waals surface area contributed by atoms with E-state index in [0.29, 0.717) is 17.5 Å². The molecule has 0 bridgehead atoms. The van der Waals surface area contributed by atoms with Crippen LogP contribution in [0.15, 0.2) is 291 Å². The van der Waals surface area contributed by atoms with Crippen molar-refractivity contribution in [1.29, 1.82) is 0 Å². The molecule has 2 heterocycles. The minimum atomic E-state index is -0.638. The molecule has 14 rings (SSSR count). The van der Waals surface area contributed by atoms with Gasteiger partial charge >= 0.3 is 0 Å². The largest absolute Gasteiger partial charge is 0.309 e. The zero-order valence-corrected chi connectivity index (χ0v) is 41.0. The van der Waals surface area contributed by atoms with Crippen molar-refractivity contribution in [3.05, 3.63) is 336 Å². The van der Waals surface area contributed by atoms with E-state index in [1.54, 1.807) is 0 Å². The van der Waals surface area contributed by atoms with Crippen LogP contribution in [0, 0.1) is 0 Å². The van der Waals surface area contributed by atoms with Crippen LogP contribution < -0.4 is 0 Å². The predicted octanol–water partition coefficient (Wildman–Crippen LogP) is 16.7. The van der Waals surface area contributed by atoms with E-state index in [2.05, 4.69) is 278 Å². The van der Waals surface area contributed by atoms with Gasteiger partial charge in [-0.25, -0.2) is 15.0 Å². The first-order chi connectivity index (χ1) is 37.2. The van der Waals surface area contributed by atoms with Gasteiger partial charge in [-0.15, -0.1) is 0 Å². The zero-order valence-electron chi connectivity index (χ0n) is 41.0. The number of rotatable bonds is 10. The Morgan fingerprint density at radius 3 is 1.35 bits per heavy atom. The molecule has 0 radical (unpaired) electrons. The quantitative estimate of drug-likeness (QED) is 0.128. The van der Waals surface area contributed by atoms with Crippen molar-refractivity contribution >= 4 is 21.8 Å². The summed E-state index contributed by atoms with van der Waals surface area (Å²) in [4.78, 5) is 16.0. The molecule has 0 atom stereocenters. The van der Waals surface area contributed by atoms with E-state index in [4.69, 9.17) is 15.0 Å². The molecule has 0 N–H and O–H groups in total. The summed E-state index contributed by atoms with van der Waals surface area (Å²) < 4.78 is 2.42. The van der Waals surface area contributed by atoms with E-state index in [-0.39, 0.29) is 0 Å². The van der Waals surface area contributed by atoms with Crippen LogP contribution in [-0.2, 0) is 10.8 Å². The second-order valence-corrected chi connectivity index (χ2v) is 19.4. The molecule has 1 aliphatic carbocycles. The van der Waals surface area contributed by atoms with Crippen LogP contribution in [-0.4, -0.2) is 19.5 Å². The molecule has 0 amide bonds. The highest BCUT2D eigenvalue weighted by Crippen LogP contribution is 2.57. The van der Waals surface area contributed by atoms with Crippen molar-refractivity contribution in [2.75, 3.05) is 0 Å². The maximum absolute atomic E-state index is 5.40. The van der Waals surface area contributed by atoms with Crippen molar-refractivity contribution in [3.8, 4) is 51.0 Å². The average Bonchev–Trinajstić information content (AvgIpc) is 3.98. The van der Waals surface area contributed by atoms with Crippen LogP contribution in [0.1, 0.15) is 44.5 Å². The molecule has 1 aliphatic rings. The van der Waals surface area contributed by atoms with Gasteiger partial charge in [0.15, 0.2) is 17.5 Å². The van der Waals surface area contributed by atoms with Gasteiger partial charge in [-0.2, -0.15) is 0 Å². The number of benzene rings is 11. The van der Waals surface area contributed by atoms with Gasteiger partial charge in [0.2, 0.25) is 0 Å². The Hall–Kier alpha value is -9.77. The SMILES string of the molecule is c1ccc(-c2nc(-c3cccc(-n4c5ccccc5c5cc6c(cc54)-c4ccccc4C6(c4ccccc4)c4ccccc4)c3)nc(-c3cccc(C(c4ccccc4)(c4ccccc4)c4ccccc4)c3)n2)cc1. The van der Waals surface area contributed by atoms with Crippen molar-refractivity contribution in [1.82, 2.24) is 19.5 Å². The summed E-state index contributed by atoms with van der Waals surface area (Å²) in [6, 6.07) is 105. The fourth-order valence-electron chi connectivity index (χ4n) is 12.3. The molecular formula is C71H48N4. The lowest BCUT2D eigenvalue weighted by Gasteiger charge is -2.37. The summed E-state index contributed by atoms with van der Waals surface area (Å²) in [5.41, 5.74) is 17.0. The highest BCUT2D eigenvalue weighted by Gasteiger charge is 2.46. The highest BCUT2D eigenvalue weighted by atomic mass is 15.0. The second-order valence-electron chi connectivity index (χ2n) is 19.4. The number of nitrogens with zero attached hydrogens (tertiary/aromatic N) is 4. The third kappa shape index (κ3) is 7.02. The molecule has 11 aromatic carbocycles. The van der Waals surface area contributed by atoms with Crippen LogP contribution in [0.4, 0.5) is 0 Å². The van der Waals surface area contributed by atoms with Gasteiger partial charge in [0, 0.05) is 33.2 Å². The molecule has 0 unspecified atom stereocenters. The molecule has 75 heavy (non-hydrogen) atoms. The Kier molecular flexibility index (Phi) is 10.6. The van der Waals surface area contributed by atoms with Gasteiger partial charge in [-0.3, -0.25) is 0 Å². The molecule has 0 aliphatic heterocycles. The predicted molar refractivity (Wildman–Crippen MR) is 306 cm³/mol. The van der Waals surface area contributed by atoms with E-state index in [9.17, 15) is 0 Å². The highest BCUT2D eigenvalue weighted by molar-refractivity contribution is 6.12. The molecule has 4 heteroatoms. The fourth-order valence-corrected chi connectivity index (χ4v) is 12.3. The summed E-state index contributed by atoms with van der Waals surface area (Å²) in [6.07, 6.45) is 0. The standard InChI is InChI=1S/C71H48N4/c1-7-25-49(26-8-1)67-72-68(50-27-23-39-57(45-50)70(52-29-9-2-10-30-52,53-31-11-3-12-32-53)54-33-13-4-14-34-54)74-69(73-67)51-28-24-40-58(46-51)75-65-44-22-20-42-60(65)62-47-64-61(48-66(62)75)59-41-19-21-43-63(59)71(64,55-35-15-5-16-36-55)56-37-17-6-18-38-56/h1-48H. The van der Waals surface area contributed by atoms with E-state index >= 15 is 0 Å². The first-order valence-corrected chi connectivity index (χ1v) is 25.7. The number of hydrogen-bond donors (Lipinski definition) is 0. The normalized spacial score (nSPS) is 12.6. The number of para-hydroxylation sites is 1. The first-order valence-electron chi connectivity index (χ1n) is 25.7. The number of aromatic nitrogens is 4. The van der Waals surface area contributed by atoms with Crippen molar-refractivity contribution in [2.45, 2.75) is 10.8 Å². The summed E-state index contributed by atoms with van der Waals surface area (Å²) in [5.74, 6) is 1.80. The Labute approximate surface area is 436 Å². The van der Waals surface area contributed by atoms with Crippen LogP contribution >= 0.6 is 0 Å². The van der Waals surface area contributed by atoms with Crippen LogP contribution in [0.2, 0.25) is 0 Å². The third-order valence-corrected chi connectivity index (χ3v) is 15.5. The molecule has 0 fully saturated rings. The van der Waals surface area contributed by atoms with Gasteiger partial charge in [0.1, 0.15) is 0 Å². The maximum Gasteiger partial charge on any atom is 0.164 e. The van der Waals surface area contributed by atoms with Gasteiger partial charge in [0.25, 0.3) is 0 Å². The van der Waals surface area contributed by atoms with Crippen molar-refractivity contribution in [3.63, 3.8) is 0 Å². The molecular weight excluding hydrogens is 909 g/mol. The lowest BCUT2D eigenvalue weighted by atomic mass is 9.65. The summed E-state index contributed by atoms with van der Waals surface area (Å²) in [5, 5.41) is 2.39. The summed E-state index contributed by atoms with van der Waals surface area (Å²) in [7, 11) is 0. The van der Waals surface area contributed by atoms with E-state index < -0.39 is 10.8 Å². The van der Waals surface area contributed by atoms with Crippen LogP contribution in [0.3, 0.4) is 0 Å². The van der Waals surface area contributed by atoms with Crippen molar-refractivity contribution in [2.24, 2.45) is 0 Å². The fraction of sp³-hybridized carbons (Fsp3) is 0.0282. The average molecular weight is 957 g/mol. The van der Waals surface area contributed by atoms with Gasteiger partial charge in [0.05, 0.1) is 21.9 Å². The third-order valence-electron chi connectivity index (χ3n) is 15.5. The van der Waals surface area contributed by atoms with Gasteiger partial charge < -0.3 is 4.57 Å². The van der Waals surface area contributed by atoms with E-state index in [0.717, 1.165) is 39.0 Å². The Balaban J connectivity index is 0.960. The first kappa shape index (κ1) is 44.0. The van der Waals surface area contributed by atoms with Gasteiger partial charge in [-0.05, 0) is 92.0 Å². The molecule has 0 saturated carbocycles. The Morgan fingerprint density at radius 1 is 0.293 bits per heavy atom. The maximum atomic E-state index is 5.40. The molecule has 0 saturated heterocycles. The summed E-state index contributed by atoms with van der Waals surface area (Å²) in [6.45, 7) is 0. The van der Waals surface area contributed by atoms with E-state index in [1.165, 1.54) is 60.8 Å². The van der Waals surface area contributed by atoms with Crippen molar-refractivity contribution < 1.29 is 0 Å². The molecule has 0 spiro atoms. The second kappa shape index (κ2) is 18.1. The van der Waals surface area contributed by atoms with Crippen LogP contribution in [0.5, 0.6) is 0 Å². The van der Waals surface area contributed by atoms with E-state index in [1.807, 2.05) is 18.2 Å². The minimum absolute atomic E-state index is 0.510. The van der Waals surface area contributed by atoms with Gasteiger partial charge in [-0.1, -0.05) is 255 Å².